The van der Waals surface area contributed by atoms with E-state index in [1.54, 1.807) is 19.1 Å². The van der Waals surface area contributed by atoms with Gasteiger partial charge in [0.15, 0.2) is 0 Å². The topological polar surface area (TPSA) is 87.5 Å². The first-order chi connectivity index (χ1) is 15.2. The summed E-state index contributed by atoms with van der Waals surface area (Å²) >= 11 is 0. The van der Waals surface area contributed by atoms with E-state index in [9.17, 15) is 17.6 Å². The van der Waals surface area contributed by atoms with Crippen LogP contribution in [0, 0.1) is 5.82 Å². The molecule has 1 aromatic heterocycles. The van der Waals surface area contributed by atoms with Crippen LogP contribution in [0.2, 0.25) is 0 Å². The normalized spacial score (nSPS) is 12.5. The summed E-state index contributed by atoms with van der Waals surface area (Å²) in [5.41, 5.74) is 2.67. The Bertz CT molecular complexity index is 1190. The Labute approximate surface area is 186 Å². The third-order valence-electron chi connectivity index (χ3n) is 4.91. The Morgan fingerprint density at radius 2 is 1.88 bits per heavy atom. The van der Waals surface area contributed by atoms with Crippen molar-refractivity contribution < 1.29 is 26.5 Å². The monoisotopic (exact) mass is 460 g/mol. The standard InChI is InChI=1S/C23H25FN2O5S/c1-4-30-23(27)22-15-21(25-26(22)12-13-31-32(3,28)29)16(2)18-10-11-19(20(24)14-18)17-8-6-5-7-9-17/h5-11,14-16H,4,12-13H2,1-3H3. The first kappa shape index (κ1) is 23.6. The van der Waals surface area contributed by atoms with Crippen molar-refractivity contribution in [1.29, 1.82) is 0 Å². The second-order valence-corrected chi connectivity index (χ2v) is 8.90. The van der Waals surface area contributed by atoms with Gasteiger partial charge in [0, 0.05) is 11.5 Å². The molecule has 32 heavy (non-hydrogen) atoms. The van der Waals surface area contributed by atoms with Crippen LogP contribution in [0.3, 0.4) is 0 Å². The number of benzene rings is 2. The van der Waals surface area contributed by atoms with Crippen LogP contribution >= 0.6 is 0 Å². The Balaban J connectivity index is 1.88. The summed E-state index contributed by atoms with van der Waals surface area (Å²) in [6.45, 7) is 3.58. The lowest BCUT2D eigenvalue weighted by Crippen LogP contribution is -2.17. The molecule has 0 amide bonds. The number of carbonyl (C=O) groups excluding carboxylic acids is 1. The molecule has 0 N–H and O–H groups in total. The molecule has 1 unspecified atom stereocenters. The predicted molar refractivity (Wildman–Crippen MR) is 118 cm³/mol. The highest BCUT2D eigenvalue weighted by molar-refractivity contribution is 7.85. The molecule has 0 bridgehead atoms. The van der Waals surface area contributed by atoms with E-state index >= 15 is 0 Å². The van der Waals surface area contributed by atoms with Crippen LogP contribution in [0.25, 0.3) is 11.1 Å². The van der Waals surface area contributed by atoms with Crippen LogP contribution in [0.5, 0.6) is 0 Å². The highest BCUT2D eigenvalue weighted by Gasteiger charge is 2.21. The maximum Gasteiger partial charge on any atom is 0.356 e. The van der Waals surface area contributed by atoms with Gasteiger partial charge >= 0.3 is 5.97 Å². The number of esters is 1. The van der Waals surface area contributed by atoms with Crippen molar-refractivity contribution in [3.63, 3.8) is 0 Å². The molecule has 2 aromatic carbocycles. The van der Waals surface area contributed by atoms with E-state index in [4.69, 9.17) is 8.92 Å². The maximum absolute atomic E-state index is 14.8. The lowest BCUT2D eigenvalue weighted by atomic mass is 9.94. The summed E-state index contributed by atoms with van der Waals surface area (Å²) in [4.78, 5) is 12.4. The van der Waals surface area contributed by atoms with Gasteiger partial charge in [0.25, 0.3) is 10.1 Å². The molecule has 0 spiro atoms. The quantitative estimate of drug-likeness (QED) is 0.354. The number of hydrogen-bond acceptors (Lipinski definition) is 6. The zero-order valence-corrected chi connectivity index (χ0v) is 18.9. The van der Waals surface area contributed by atoms with Gasteiger partial charge in [-0.3, -0.25) is 8.86 Å². The molecular weight excluding hydrogens is 435 g/mol. The second kappa shape index (κ2) is 10.1. The highest BCUT2D eigenvalue weighted by Crippen LogP contribution is 2.29. The largest absolute Gasteiger partial charge is 0.461 e. The van der Waals surface area contributed by atoms with E-state index in [2.05, 4.69) is 5.10 Å². The minimum atomic E-state index is -3.62. The Hall–Kier alpha value is -3.04. The summed E-state index contributed by atoms with van der Waals surface area (Å²) < 4.78 is 48.5. The zero-order chi connectivity index (χ0) is 23.3. The molecule has 3 rings (SSSR count). The van der Waals surface area contributed by atoms with E-state index in [0.717, 1.165) is 11.8 Å². The first-order valence-electron chi connectivity index (χ1n) is 10.1. The summed E-state index contributed by atoms with van der Waals surface area (Å²) in [6.07, 6.45) is 0.948. The lowest BCUT2D eigenvalue weighted by Gasteiger charge is -2.12. The minimum absolute atomic E-state index is 0.0369. The molecular formula is C23H25FN2O5S. The van der Waals surface area contributed by atoms with E-state index in [1.807, 2.05) is 43.3 Å². The molecule has 0 saturated carbocycles. The third-order valence-corrected chi connectivity index (χ3v) is 5.50. The number of hydrogen-bond donors (Lipinski definition) is 0. The smallest absolute Gasteiger partial charge is 0.356 e. The van der Waals surface area contributed by atoms with Gasteiger partial charge in [-0.15, -0.1) is 0 Å². The van der Waals surface area contributed by atoms with Gasteiger partial charge in [0.2, 0.25) is 0 Å². The number of halogens is 1. The lowest BCUT2D eigenvalue weighted by molar-refractivity contribution is 0.0511. The molecule has 0 fully saturated rings. The Morgan fingerprint density at radius 3 is 2.50 bits per heavy atom. The van der Waals surface area contributed by atoms with Crippen molar-refractivity contribution in [1.82, 2.24) is 9.78 Å². The molecule has 1 atom stereocenters. The molecule has 3 aromatic rings. The predicted octanol–water partition coefficient (Wildman–Crippen LogP) is 3.99. The van der Waals surface area contributed by atoms with Gasteiger partial charge in [-0.25, -0.2) is 9.18 Å². The fourth-order valence-electron chi connectivity index (χ4n) is 3.29. The fourth-order valence-corrected chi connectivity index (χ4v) is 3.66. The molecule has 9 heteroatoms. The number of aromatic nitrogens is 2. The van der Waals surface area contributed by atoms with Gasteiger partial charge in [0.05, 0.1) is 31.7 Å². The maximum atomic E-state index is 14.8. The summed E-state index contributed by atoms with van der Waals surface area (Å²) in [5.74, 6) is -1.25. The van der Waals surface area contributed by atoms with Gasteiger partial charge < -0.3 is 4.74 Å². The van der Waals surface area contributed by atoms with Crippen LogP contribution in [0.4, 0.5) is 4.39 Å². The van der Waals surface area contributed by atoms with Crippen LogP contribution in [0.1, 0.15) is 41.5 Å². The van der Waals surface area contributed by atoms with Crippen molar-refractivity contribution in [2.45, 2.75) is 26.3 Å². The number of rotatable bonds is 9. The average Bonchev–Trinajstić information content (AvgIpc) is 3.17. The minimum Gasteiger partial charge on any atom is -0.461 e. The summed E-state index contributed by atoms with van der Waals surface area (Å²) in [6, 6.07) is 15.8. The Kier molecular flexibility index (Phi) is 7.42. The van der Waals surface area contributed by atoms with Gasteiger partial charge in [-0.2, -0.15) is 13.5 Å². The fraction of sp³-hybridized carbons (Fsp3) is 0.304. The molecule has 0 aliphatic carbocycles. The summed E-state index contributed by atoms with van der Waals surface area (Å²) in [5, 5.41) is 4.44. The van der Waals surface area contributed by atoms with Gasteiger partial charge in [-0.1, -0.05) is 49.4 Å². The molecule has 0 aliphatic rings. The summed E-state index contributed by atoms with van der Waals surface area (Å²) in [7, 11) is -3.62. The zero-order valence-electron chi connectivity index (χ0n) is 18.1. The van der Waals surface area contributed by atoms with Crippen LogP contribution in [-0.4, -0.2) is 43.6 Å². The van der Waals surface area contributed by atoms with Gasteiger partial charge in [0.1, 0.15) is 11.5 Å². The molecule has 7 nitrogen and oxygen atoms in total. The van der Waals surface area contributed by atoms with Crippen molar-refractivity contribution in [2.24, 2.45) is 0 Å². The first-order valence-corrected chi connectivity index (χ1v) is 12.0. The van der Waals surface area contributed by atoms with Crippen molar-refractivity contribution in [3.8, 4) is 11.1 Å². The SMILES string of the molecule is CCOC(=O)c1cc(C(C)c2ccc(-c3ccccc3)c(F)c2)nn1CCOS(C)(=O)=O. The number of carbonyl (C=O) groups is 1. The van der Waals surface area contributed by atoms with E-state index < -0.39 is 16.1 Å². The van der Waals surface area contributed by atoms with Crippen LogP contribution in [0.15, 0.2) is 54.6 Å². The van der Waals surface area contributed by atoms with E-state index in [0.29, 0.717) is 16.8 Å². The third kappa shape index (κ3) is 5.80. The highest BCUT2D eigenvalue weighted by atomic mass is 32.2. The van der Waals surface area contributed by atoms with Crippen molar-refractivity contribution >= 4 is 16.1 Å². The second-order valence-electron chi connectivity index (χ2n) is 7.25. The number of ether oxygens (including phenoxy) is 1. The molecule has 0 aliphatic heterocycles. The Morgan fingerprint density at radius 1 is 1.16 bits per heavy atom. The van der Waals surface area contributed by atoms with Crippen LogP contribution < -0.4 is 0 Å². The van der Waals surface area contributed by atoms with E-state index in [1.165, 1.54) is 10.7 Å². The van der Waals surface area contributed by atoms with Crippen molar-refractivity contribution in [2.75, 3.05) is 19.5 Å². The molecule has 0 saturated heterocycles. The molecule has 0 radical (unpaired) electrons. The van der Waals surface area contributed by atoms with Crippen molar-refractivity contribution in [3.05, 3.63) is 77.4 Å². The van der Waals surface area contributed by atoms with E-state index in [-0.39, 0.29) is 37.2 Å². The number of nitrogens with zero attached hydrogens (tertiary/aromatic N) is 2. The van der Waals surface area contributed by atoms with Gasteiger partial charge in [-0.05, 0) is 30.2 Å². The average molecular weight is 461 g/mol. The molecule has 170 valence electrons. The van der Waals surface area contributed by atoms with Crippen LogP contribution in [-0.2, 0) is 25.6 Å². The molecule has 1 heterocycles.